The number of hydrazone groups is 1. The summed E-state index contributed by atoms with van der Waals surface area (Å²) in [6, 6.07) is 6.11. The minimum absolute atomic E-state index is 0.0273. The maximum Gasteiger partial charge on any atom is 0.340 e. The van der Waals surface area contributed by atoms with Crippen molar-refractivity contribution in [2.24, 2.45) is 5.10 Å². The molecule has 0 amide bonds. The molecule has 2 aromatic heterocycles. The Hall–Kier alpha value is -2.19. The largest absolute Gasteiger partial charge is 0.361 e. The van der Waals surface area contributed by atoms with Crippen molar-refractivity contribution in [3.63, 3.8) is 0 Å². The molecule has 0 atom stereocenters. The van der Waals surface area contributed by atoms with Crippen LogP contribution in [-0.4, -0.2) is 30.8 Å². The van der Waals surface area contributed by atoms with Crippen LogP contribution in [0.3, 0.4) is 0 Å². The molecule has 1 aliphatic heterocycles. The van der Waals surface area contributed by atoms with Crippen LogP contribution in [0.1, 0.15) is 6.42 Å². The molecule has 114 valence electrons. The Morgan fingerprint density at radius 1 is 1.18 bits per heavy atom. The third-order valence-corrected chi connectivity index (χ3v) is 4.45. The Balaban J connectivity index is 1.80. The molecule has 0 spiro atoms. The number of aromatic nitrogens is 2. The van der Waals surface area contributed by atoms with Gasteiger partial charge in [0.2, 0.25) is 5.90 Å². The third kappa shape index (κ3) is 3.02. The van der Waals surface area contributed by atoms with Crippen LogP contribution in [-0.2, 0) is 14.3 Å². The minimum atomic E-state index is -3.91. The molecule has 0 fully saturated rings. The summed E-state index contributed by atoms with van der Waals surface area (Å²) < 4.78 is 29.3. The van der Waals surface area contributed by atoms with E-state index in [9.17, 15) is 8.42 Å². The zero-order valence-electron chi connectivity index (χ0n) is 11.3. The van der Waals surface area contributed by atoms with Crippen molar-refractivity contribution in [3.05, 3.63) is 47.9 Å². The second-order valence-corrected chi connectivity index (χ2v) is 6.35. The van der Waals surface area contributed by atoms with Gasteiger partial charge in [0.15, 0.2) is 5.82 Å². The van der Waals surface area contributed by atoms with Gasteiger partial charge in [-0.2, -0.15) is 8.42 Å². The lowest BCUT2D eigenvalue weighted by Crippen LogP contribution is -2.13. The van der Waals surface area contributed by atoms with Crippen molar-refractivity contribution >= 4 is 33.4 Å². The lowest BCUT2D eigenvalue weighted by Gasteiger charge is -2.12. The van der Waals surface area contributed by atoms with E-state index in [1.807, 2.05) is 0 Å². The fourth-order valence-electron chi connectivity index (χ4n) is 1.89. The first-order valence-corrected chi connectivity index (χ1v) is 8.15. The smallest absolute Gasteiger partial charge is 0.340 e. The lowest BCUT2D eigenvalue weighted by atomic mass is 10.4. The van der Waals surface area contributed by atoms with Crippen LogP contribution in [0.15, 0.2) is 52.9 Å². The molecule has 1 aliphatic rings. The standard InChI is InChI=1S/C13H11ClN4O3S/c14-11-2-1-6-16-13(11)18-9-5-12(17-18)21-22(19,20)10-3-7-15-8-4-10/h1-4,6-8H,5,9H2. The molecule has 2 aromatic rings. The number of hydrogen-bond acceptors (Lipinski definition) is 7. The predicted octanol–water partition coefficient (Wildman–Crippen LogP) is 2.06. The zero-order chi connectivity index (χ0) is 15.6. The Labute approximate surface area is 132 Å². The highest BCUT2D eigenvalue weighted by atomic mass is 35.5. The molecule has 0 aromatic carbocycles. The zero-order valence-corrected chi connectivity index (χ0v) is 12.8. The maximum absolute atomic E-state index is 12.1. The van der Waals surface area contributed by atoms with Crippen molar-refractivity contribution in [2.75, 3.05) is 11.6 Å². The summed E-state index contributed by atoms with van der Waals surface area (Å²) in [7, 11) is -3.91. The SMILES string of the molecule is O=S(=O)(OC1=NN(c2ncccc2Cl)CC1)c1ccncc1. The van der Waals surface area contributed by atoms with Crippen molar-refractivity contribution in [2.45, 2.75) is 11.3 Å². The summed E-state index contributed by atoms with van der Waals surface area (Å²) >= 11 is 6.04. The van der Waals surface area contributed by atoms with E-state index >= 15 is 0 Å². The van der Waals surface area contributed by atoms with E-state index in [1.54, 1.807) is 18.3 Å². The average Bonchev–Trinajstić information content (AvgIpc) is 2.96. The Morgan fingerprint density at radius 3 is 2.68 bits per heavy atom. The molecule has 0 saturated heterocycles. The summed E-state index contributed by atoms with van der Waals surface area (Å²) in [4.78, 5) is 7.92. The molecular weight excluding hydrogens is 328 g/mol. The Morgan fingerprint density at radius 2 is 1.95 bits per heavy atom. The average molecular weight is 339 g/mol. The van der Waals surface area contributed by atoms with Crippen molar-refractivity contribution in [3.8, 4) is 0 Å². The van der Waals surface area contributed by atoms with Crippen molar-refractivity contribution in [1.82, 2.24) is 9.97 Å². The number of pyridine rings is 2. The first-order valence-electron chi connectivity index (χ1n) is 6.36. The molecule has 0 bridgehead atoms. The minimum Gasteiger partial charge on any atom is -0.361 e. The van der Waals surface area contributed by atoms with Crippen LogP contribution in [0.5, 0.6) is 0 Å². The number of anilines is 1. The number of hydrogen-bond donors (Lipinski definition) is 0. The topological polar surface area (TPSA) is 84.8 Å². The van der Waals surface area contributed by atoms with Crippen LogP contribution in [0.4, 0.5) is 5.82 Å². The normalized spacial score (nSPS) is 14.8. The Bertz CT molecular complexity index is 811. The number of nitrogens with zero attached hydrogens (tertiary/aromatic N) is 4. The number of halogens is 1. The van der Waals surface area contributed by atoms with E-state index in [-0.39, 0.29) is 10.8 Å². The fourth-order valence-corrected chi connectivity index (χ4v) is 3.04. The van der Waals surface area contributed by atoms with Gasteiger partial charge in [-0.05, 0) is 24.3 Å². The molecule has 0 radical (unpaired) electrons. The van der Waals surface area contributed by atoms with E-state index in [4.69, 9.17) is 15.8 Å². The Kier molecular flexibility index (Phi) is 3.95. The van der Waals surface area contributed by atoms with E-state index < -0.39 is 10.1 Å². The summed E-state index contributed by atoms with van der Waals surface area (Å²) in [5, 5.41) is 6.06. The molecule has 22 heavy (non-hydrogen) atoms. The van der Waals surface area contributed by atoms with Crippen molar-refractivity contribution in [1.29, 1.82) is 0 Å². The van der Waals surface area contributed by atoms with Gasteiger partial charge in [-0.25, -0.2) is 9.99 Å². The van der Waals surface area contributed by atoms with Gasteiger partial charge in [0.25, 0.3) is 0 Å². The highest BCUT2D eigenvalue weighted by molar-refractivity contribution is 7.87. The fraction of sp³-hybridized carbons (Fsp3) is 0.154. The highest BCUT2D eigenvalue weighted by Gasteiger charge is 2.25. The van der Waals surface area contributed by atoms with Gasteiger partial charge in [0, 0.05) is 25.0 Å². The van der Waals surface area contributed by atoms with Gasteiger partial charge in [-0.3, -0.25) is 4.98 Å². The predicted molar refractivity (Wildman–Crippen MR) is 81.2 cm³/mol. The molecule has 0 saturated carbocycles. The second-order valence-electron chi connectivity index (χ2n) is 4.40. The quantitative estimate of drug-likeness (QED) is 0.796. The van der Waals surface area contributed by atoms with Crippen molar-refractivity contribution < 1.29 is 12.6 Å². The monoisotopic (exact) mass is 338 g/mol. The number of rotatable bonds is 3. The van der Waals surface area contributed by atoms with Gasteiger partial charge in [0.05, 0.1) is 11.6 Å². The highest BCUT2D eigenvalue weighted by Crippen LogP contribution is 2.26. The van der Waals surface area contributed by atoms with Gasteiger partial charge >= 0.3 is 10.1 Å². The van der Waals surface area contributed by atoms with Crippen LogP contribution in [0.2, 0.25) is 5.02 Å². The van der Waals surface area contributed by atoms with Gasteiger partial charge in [-0.1, -0.05) is 11.6 Å². The van der Waals surface area contributed by atoms with E-state index in [0.717, 1.165) is 0 Å². The molecule has 3 rings (SSSR count). The van der Waals surface area contributed by atoms with E-state index in [1.165, 1.54) is 29.5 Å². The third-order valence-electron chi connectivity index (χ3n) is 2.90. The first-order chi connectivity index (χ1) is 10.6. The van der Waals surface area contributed by atoms with E-state index in [2.05, 4.69) is 15.1 Å². The van der Waals surface area contributed by atoms with Gasteiger partial charge in [-0.15, -0.1) is 5.10 Å². The summed E-state index contributed by atoms with van der Waals surface area (Å²) in [6.45, 7) is 0.442. The first kappa shape index (κ1) is 14.7. The van der Waals surface area contributed by atoms with Gasteiger partial charge in [0.1, 0.15) is 4.90 Å². The van der Waals surface area contributed by atoms with E-state index in [0.29, 0.717) is 23.8 Å². The second kappa shape index (κ2) is 5.90. The molecule has 9 heteroatoms. The molecule has 0 aliphatic carbocycles. The van der Waals surface area contributed by atoms with Crippen LogP contribution < -0.4 is 5.01 Å². The van der Waals surface area contributed by atoms with Crippen LogP contribution in [0, 0.1) is 0 Å². The molecule has 0 unspecified atom stereocenters. The summed E-state index contributed by atoms with van der Waals surface area (Å²) in [5.41, 5.74) is 0. The molecule has 0 N–H and O–H groups in total. The molecular formula is C13H11ClN4O3S. The van der Waals surface area contributed by atoms with Crippen LogP contribution >= 0.6 is 11.6 Å². The summed E-state index contributed by atoms with van der Waals surface area (Å²) in [5.74, 6) is 0.558. The van der Waals surface area contributed by atoms with Gasteiger partial charge < -0.3 is 4.18 Å². The maximum atomic E-state index is 12.1. The summed E-state index contributed by atoms with van der Waals surface area (Å²) in [6.07, 6.45) is 4.69. The van der Waals surface area contributed by atoms with Crippen LogP contribution in [0.25, 0.3) is 0 Å². The molecule has 7 nitrogen and oxygen atoms in total. The lowest BCUT2D eigenvalue weighted by molar-refractivity contribution is 0.477. The molecule has 3 heterocycles.